The number of hydrogen-bond acceptors (Lipinski definition) is 1. The summed E-state index contributed by atoms with van der Waals surface area (Å²) in [5.74, 6) is 1.58. The zero-order valence-corrected chi connectivity index (χ0v) is 15.3. The molecule has 25 heavy (non-hydrogen) atoms. The summed E-state index contributed by atoms with van der Waals surface area (Å²) in [7, 11) is 0. The van der Waals surface area contributed by atoms with Gasteiger partial charge in [-0.25, -0.2) is 0 Å². The maximum absolute atomic E-state index is 3.56. The van der Waals surface area contributed by atoms with Gasteiger partial charge in [0.1, 0.15) is 0 Å². The zero-order valence-electron chi connectivity index (χ0n) is 15.3. The second kappa shape index (κ2) is 8.08. The van der Waals surface area contributed by atoms with Crippen molar-refractivity contribution in [2.75, 3.05) is 5.32 Å². The summed E-state index contributed by atoms with van der Waals surface area (Å²) in [5.41, 5.74) is 5.45. The van der Waals surface area contributed by atoms with Crippen LogP contribution in [0.25, 0.3) is 0 Å². The molecule has 2 fully saturated rings. The van der Waals surface area contributed by atoms with Crippen molar-refractivity contribution in [1.82, 2.24) is 0 Å². The van der Waals surface area contributed by atoms with Crippen LogP contribution in [0.15, 0.2) is 48.5 Å². The molecule has 0 aliphatic heterocycles. The van der Waals surface area contributed by atoms with Gasteiger partial charge >= 0.3 is 0 Å². The molecular weight excluding hydrogens is 302 g/mol. The van der Waals surface area contributed by atoms with Crippen molar-refractivity contribution in [3.8, 4) is 0 Å². The van der Waals surface area contributed by atoms with Crippen molar-refractivity contribution >= 4 is 11.4 Å². The van der Waals surface area contributed by atoms with E-state index in [4.69, 9.17) is 0 Å². The fraction of sp³-hybridized carbons (Fsp3) is 0.500. The summed E-state index contributed by atoms with van der Waals surface area (Å²) in [6.45, 7) is 0. The Bertz CT molecular complexity index is 584. The highest BCUT2D eigenvalue weighted by Gasteiger charge is 2.16. The molecule has 2 aromatic carbocycles. The van der Waals surface area contributed by atoms with Gasteiger partial charge in [-0.05, 0) is 72.9 Å². The summed E-state index contributed by atoms with van der Waals surface area (Å²) in [6.07, 6.45) is 13.9. The fourth-order valence-corrected chi connectivity index (χ4v) is 4.72. The van der Waals surface area contributed by atoms with Crippen LogP contribution in [0.2, 0.25) is 0 Å². The second-order valence-corrected chi connectivity index (χ2v) is 8.04. The minimum atomic E-state index is 0.789. The monoisotopic (exact) mass is 333 g/mol. The van der Waals surface area contributed by atoms with Gasteiger partial charge in [-0.3, -0.25) is 0 Å². The molecule has 1 N–H and O–H groups in total. The number of hydrogen-bond donors (Lipinski definition) is 1. The number of benzene rings is 2. The summed E-state index contributed by atoms with van der Waals surface area (Å²) < 4.78 is 0. The van der Waals surface area contributed by atoms with E-state index >= 15 is 0 Å². The van der Waals surface area contributed by atoms with Crippen LogP contribution in [0, 0.1) is 0 Å². The summed E-state index contributed by atoms with van der Waals surface area (Å²) in [4.78, 5) is 0. The van der Waals surface area contributed by atoms with E-state index in [-0.39, 0.29) is 0 Å². The molecule has 0 amide bonds. The van der Waals surface area contributed by atoms with E-state index in [1.807, 2.05) is 0 Å². The highest BCUT2D eigenvalue weighted by Crippen LogP contribution is 2.34. The van der Waals surface area contributed by atoms with Gasteiger partial charge in [0.2, 0.25) is 0 Å². The first-order valence-corrected chi connectivity index (χ1v) is 10.4. The van der Waals surface area contributed by atoms with E-state index in [0.29, 0.717) is 0 Å². The van der Waals surface area contributed by atoms with E-state index in [1.54, 1.807) is 0 Å². The molecule has 132 valence electrons. The Hall–Kier alpha value is -1.76. The zero-order chi connectivity index (χ0) is 16.9. The van der Waals surface area contributed by atoms with Gasteiger partial charge in [0.15, 0.2) is 0 Å². The molecule has 2 aromatic rings. The molecule has 2 saturated carbocycles. The highest BCUT2D eigenvalue weighted by molar-refractivity contribution is 5.60. The molecule has 0 heterocycles. The van der Waals surface area contributed by atoms with Crippen molar-refractivity contribution in [2.24, 2.45) is 0 Å². The van der Waals surface area contributed by atoms with Crippen LogP contribution in [0.1, 0.15) is 87.2 Å². The third-order valence-electron chi connectivity index (χ3n) is 6.26. The van der Waals surface area contributed by atoms with Gasteiger partial charge < -0.3 is 5.32 Å². The number of rotatable bonds is 4. The summed E-state index contributed by atoms with van der Waals surface area (Å²) in [6, 6.07) is 18.3. The number of anilines is 2. The van der Waals surface area contributed by atoms with Gasteiger partial charge in [0.05, 0.1) is 0 Å². The first-order chi connectivity index (χ1) is 12.4. The molecule has 0 bridgehead atoms. The van der Waals surface area contributed by atoms with Crippen LogP contribution < -0.4 is 5.32 Å². The van der Waals surface area contributed by atoms with Crippen LogP contribution in [-0.4, -0.2) is 0 Å². The molecule has 0 spiro atoms. The minimum Gasteiger partial charge on any atom is -0.356 e. The van der Waals surface area contributed by atoms with Gasteiger partial charge in [-0.1, -0.05) is 62.8 Å². The Balaban J connectivity index is 1.38. The fourth-order valence-electron chi connectivity index (χ4n) is 4.72. The van der Waals surface area contributed by atoms with Gasteiger partial charge in [-0.15, -0.1) is 0 Å². The van der Waals surface area contributed by atoms with E-state index in [0.717, 1.165) is 11.8 Å². The standard InChI is InChI=1S/C24H31N/c1-3-7-19(8-4-1)21-11-15-23(16-12-21)25-24-17-13-22(14-18-24)20-9-5-2-6-10-20/h11-20,25H,1-10H2. The van der Waals surface area contributed by atoms with Crippen LogP contribution in [-0.2, 0) is 0 Å². The largest absolute Gasteiger partial charge is 0.356 e. The molecule has 4 rings (SSSR count). The van der Waals surface area contributed by atoms with Gasteiger partial charge in [0.25, 0.3) is 0 Å². The Labute approximate surface area is 152 Å². The van der Waals surface area contributed by atoms with Crippen molar-refractivity contribution < 1.29 is 0 Å². The van der Waals surface area contributed by atoms with Crippen molar-refractivity contribution in [1.29, 1.82) is 0 Å². The Morgan fingerprint density at radius 1 is 0.480 bits per heavy atom. The van der Waals surface area contributed by atoms with E-state index in [9.17, 15) is 0 Å². The lowest BCUT2D eigenvalue weighted by molar-refractivity contribution is 0.443. The van der Waals surface area contributed by atoms with Crippen molar-refractivity contribution in [3.63, 3.8) is 0 Å². The topological polar surface area (TPSA) is 12.0 Å². The van der Waals surface area contributed by atoms with Crippen LogP contribution in [0.5, 0.6) is 0 Å². The second-order valence-electron chi connectivity index (χ2n) is 8.04. The molecule has 0 unspecified atom stereocenters. The lowest BCUT2D eigenvalue weighted by Gasteiger charge is -2.22. The Kier molecular flexibility index (Phi) is 5.40. The van der Waals surface area contributed by atoms with E-state index in [1.165, 1.54) is 86.7 Å². The molecule has 2 aliphatic rings. The summed E-state index contributed by atoms with van der Waals surface area (Å²) >= 11 is 0. The van der Waals surface area contributed by atoms with Gasteiger partial charge in [0, 0.05) is 11.4 Å². The average molecular weight is 334 g/mol. The predicted molar refractivity (Wildman–Crippen MR) is 108 cm³/mol. The van der Waals surface area contributed by atoms with Crippen molar-refractivity contribution in [2.45, 2.75) is 76.0 Å². The quantitative estimate of drug-likeness (QED) is 0.610. The maximum atomic E-state index is 3.56. The lowest BCUT2D eigenvalue weighted by atomic mass is 9.84. The van der Waals surface area contributed by atoms with Crippen molar-refractivity contribution in [3.05, 3.63) is 59.7 Å². The Morgan fingerprint density at radius 2 is 0.840 bits per heavy atom. The smallest absolute Gasteiger partial charge is 0.0384 e. The van der Waals surface area contributed by atoms with Crippen LogP contribution in [0.4, 0.5) is 11.4 Å². The van der Waals surface area contributed by atoms with E-state index < -0.39 is 0 Å². The number of nitrogens with one attached hydrogen (secondary N) is 1. The molecule has 0 atom stereocenters. The molecule has 0 saturated heterocycles. The molecule has 0 aromatic heterocycles. The SMILES string of the molecule is c1cc(C2CCCCC2)ccc1Nc1ccc(C2CCCCC2)cc1. The van der Waals surface area contributed by atoms with Crippen LogP contribution in [0.3, 0.4) is 0 Å². The molecule has 0 radical (unpaired) electrons. The average Bonchev–Trinajstić information content (AvgIpc) is 2.71. The van der Waals surface area contributed by atoms with E-state index in [2.05, 4.69) is 53.8 Å². The van der Waals surface area contributed by atoms with Gasteiger partial charge in [-0.2, -0.15) is 0 Å². The molecule has 1 nitrogen and oxygen atoms in total. The Morgan fingerprint density at radius 3 is 1.20 bits per heavy atom. The summed E-state index contributed by atoms with van der Waals surface area (Å²) in [5, 5.41) is 3.56. The predicted octanol–water partition coefficient (Wildman–Crippen LogP) is 7.53. The molecule has 1 heteroatoms. The highest BCUT2D eigenvalue weighted by atomic mass is 14.9. The normalized spacial score (nSPS) is 19.7. The molecule has 2 aliphatic carbocycles. The third kappa shape index (κ3) is 4.26. The molecular formula is C24H31N. The minimum absolute atomic E-state index is 0.789. The maximum Gasteiger partial charge on any atom is 0.0384 e. The van der Waals surface area contributed by atoms with Crippen LogP contribution >= 0.6 is 0 Å². The first-order valence-electron chi connectivity index (χ1n) is 10.4. The first kappa shape index (κ1) is 16.7. The lowest BCUT2D eigenvalue weighted by Crippen LogP contribution is -2.04. The third-order valence-corrected chi connectivity index (χ3v) is 6.26.